The summed E-state index contributed by atoms with van der Waals surface area (Å²) in [6, 6.07) is 0. The van der Waals surface area contributed by atoms with Crippen LogP contribution in [0.3, 0.4) is 0 Å². The van der Waals surface area contributed by atoms with Gasteiger partial charge in [0.05, 0.1) is 5.60 Å². The molecule has 96 valence electrons. The fraction of sp³-hybridized carbons (Fsp3) is 1.00. The van der Waals surface area contributed by atoms with Gasteiger partial charge in [0.15, 0.2) is 0 Å². The molecule has 0 aromatic rings. The smallest absolute Gasteiger partial charge is 0.282 e. The van der Waals surface area contributed by atoms with Gasteiger partial charge in [-0.2, -0.15) is 17.0 Å². The van der Waals surface area contributed by atoms with Gasteiger partial charge in [0.2, 0.25) is 0 Å². The Morgan fingerprint density at radius 3 is 2.00 bits per heavy atom. The van der Waals surface area contributed by atoms with Crippen molar-refractivity contribution in [3.05, 3.63) is 0 Å². The largest absolute Gasteiger partial charge is 0.387 e. The molecular formula is C10H22N2O3S. The summed E-state index contributed by atoms with van der Waals surface area (Å²) in [4.78, 5) is 0. The molecule has 0 bridgehead atoms. The Hall–Kier alpha value is -0.170. The highest BCUT2D eigenvalue weighted by Gasteiger charge is 2.45. The number of nitrogens with zero attached hydrogens (tertiary/aromatic N) is 2. The fourth-order valence-corrected chi connectivity index (χ4v) is 3.92. The van der Waals surface area contributed by atoms with Crippen molar-refractivity contribution in [2.75, 3.05) is 26.2 Å². The fourth-order valence-electron chi connectivity index (χ4n) is 1.88. The highest BCUT2D eigenvalue weighted by Crippen LogP contribution is 2.25. The van der Waals surface area contributed by atoms with Gasteiger partial charge >= 0.3 is 0 Å². The Bertz CT molecular complexity index is 313. The quantitative estimate of drug-likeness (QED) is 0.743. The second kappa shape index (κ2) is 5.00. The minimum atomic E-state index is -3.35. The normalized spacial score (nSPS) is 21.1. The Kier molecular flexibility index (Phi) is 4.34. The zero-order valence-electron chi connectivity index (χ0n) is 10.3. The van der Waals surface area contributed by atoms with Crippen molar-refractivity contribution in [3.63, 3.8) is 0 Å². The lowest BCUT2D eigenvalue weighted by Gasteiger charge is -2.44. The molecule has 1 saturated heterocycles. The van der Waals surface area contributed by atoms with Gasteiger partial charge in [-0.3, -0.25) is 0 Å². The summed E-state index contributed by atoms with van der Waals surface area (Å²) in [7, 11) is -3.35. The van der Waals surface area contributed by atoms with E-state index in [1.54, 1.807) is 6.92 Å². The summed E-state index contributed by atoms with van der Waals surface area (Å²) in [5.74, 6) is 0. The van der Waals surface area contributed by atoms with E-state index in [0.717, 1.165) is 12.8 Å². The van der Waals surface area contributed by atoms with E-state index in [2.05, 4.69) is 0 Å². The number of hydrogen-bond donors (Lipinski definition) is 1. The molecular weight excluding hydrogens is 228 g/mol. The SMILES string of the molecule is CCCN(CCC)S(=O)(=O)N1CC(C)(O)C1. The predicted octanol–water partition coefficient (Wildman–Crippen LogP) is 0.420. The van der Waals surface area contributed by atoms with E-state index in [1.807, 2.05) is 13.8 Å². The minimum Gasteiger partial charge on any atom is -0.387 e. The van der Waals surface area contributed by atoms with Crippen molar-refractivity contribution < 1.29 is 13.5 Å². The van der Waals surface area contributed by atoms with E-state index in [4.69, 9.17) is 0 Å². The summed E-state index contributed by atoms with van der Waals surface area (Å²) < 4.78 is 27.1. The van der Waals surface area contributed by atoms with E-state index in [0.29, 0.717) is 13.1 Å². The van der Waals surface area contributed by atoms with Crippen molar-refractivity contribution in [1.82, 2.24) is 8.61 Å². The molecule has 0 unspecified atom stereocenters. The van der Waals surface area contributed by atoms with Crippen LogP contribution in [0.2, 0.25) is 0 Å². The van der Waals surface area contributed by atoms with Crippen LogP contribution in [0, 0.1) is 0 Å². The van der Waals surface area contributed by atoms with Gasteiger partial charge < -0.3 is 5.11 Å². The van der Waals surface area contributed by atoms with Gasteiger partial charge in [0, 0.05) is 26.2 Å². The van der Waals surface area contributed by atoms with Crippen LogP contribution in [0.15, 0.2) is 0 Å². The average molecular weight is 250 g/mol. The van der Waals surface area contributed by atoms with Crippen molar-refractivity contribution in [2.45, 2.75) is 39.2 Å². The van der Waals surface area contributed by atoms with Gasteiger partial charge in [-0.05, 0) is 19.8 Å². The zero-order chi connectivity index (χ0) is 12.4. The summed E-state index contributed by atoms with van der Waals surface area (Å²) in [6.07, 6.45) is 1.62. The Labute approximate surface area is 98.2 Å². The first-order valence-electron chi connectivity index (χ1n) is 5.81. The highest BCUT2D eigenvalue weighted by atomic mass is 32.2. The topological polar surface area (TPSA) is 60.9 Å². The second-order valence-electron chi connectivity index (χ2n) is 4.67. The standard InChI is InChI=1S/C10H22N2O3S/c1-4-6-11(7-5-2)16(14,15)12-8-10(3,13)9-12/h13H,4-9H2,1-3H3. The van der Waals surface area contributed by atoms with E-state index >= 15 is 0 Å². The van der Waals surface area contributed by atoms with Crippen molar-refractivity contribution in [3.8, 4) is 0 Å². The van der Waals surface area contributed by atoms with Crippen molar-refractivity contribution >= 4 is 10.2 Å². The molecule has 1 rings (SSSR count). The van der Waals surface area contributed by atoms with Crippen LogP contribution in [-0.2, 0) is 10.2 Å². The summed E-state index contributed by atoms with van der Waals surface area (Å²) in [6.45, 7) is 7.10. The zero-order valence-corrected chi connectivity index (χ0v) is 11.1. The molecule has 1 N–H and O–H groups in total. The van der Waals surface area contributed by atoms with Crippen molar-refractivity contribution in [2.24, 2.45) is 0 Å². The first kappa shape index (κ1) is 13.9. The van der Waals surface area contributed by atoms with E-state index < -0.39 is 15.8 Å². The summed E-state index contributed by atoms with van der Waals surface area (Å²) in [5, 5.41) is 9.56. The maximum atomic E-state index is 12.1. The molecule has 0 saturated carbocycles. The average Bonchev–Trinajstić information content (AvgIpc) is 2.13. The lowest BCUT2D eigenvalue weighted by Crippen LogP contribution is -2.64. The number of aliphatic hydroxyl groups is 1. The molecule has 1 aliphatic rings. The summed E-state index contributed by atoms with van der Waals surface area (Å²) in [5.41, 5.74) is -0.850. The summed E-state index contributed by atoms with van der Waals surface area (Å²) >= 11 is 0. The van der Waals surface area contributed by atoms with Gasteiger partial charge in [0.25, 0.3) is 10.2 Å². The molecule has 0 atom stereocenters. The van der Waals surface area contributed by atoms with E-state index in [1.165, 1.54) is 8.61 Å². The maximum absolute atomic E-state index is 12.1. The molecule has 0 spiro atoms. The molecule has 1 heterocycles. The van der Waals surface area contributed by atoms with E-state index in [9.17, 15) is 13.5 Å². The molecule has 0 aliphatic carbocycles. The van der Waals surface area contributed by atoms with Gasteiger partial charge in [0.1, 0.15) is 0 Å². The first-order valence-corrected chi connectivity index (χ1v) is 7.21. The van der Waals surface area contributed by atoms with Crippen LogP contribution in [0.1, 0.15) is 33.6 Å². The Morgan fingerprint density at radius 2 is 1.69 bits per heavy atom. The first-order chi connectivity index (χ1) is 7.33. The van der Waals surface area contributed by atoms with Gasteiger partial charge in [-0.25, -0.2) is 0 Å². The molecule has 0 radical (unpaired) electrons. The predicted molar refractivity (Wildman–Crippen MR) is 63.3 cm³/mol. The molecule has 1 aliphatic heterocycles. The van der Waals surface area contributed by atoms with Crippen molar-refractivity contribution in [1.29, 1.82) is 0 Å². The van der Waals surface area contributed by atoms with Crippen LogP contribution >= 0.6 is 0 Å². The van der Waals surface area contributed by atoms with Gasteiger partial charge in [-0.1, -0.05) is 13.8 Å². The van der Waals surface area contributed by atoms with Crippen LogP contribution < -0.4 is 0 Å². The third-order valence-electron chi connectivity index (χ3n) is 2.63. The molecule has 5 nitrogen and oxygen atoms in total. The van der Waals surface area contributed by atoms with Crippen LogP contribution in [0.25, 0.3) is 0 Å². The minimum absolute atomic E-state index is 0.208. The Balaban J connectivity index is 2.68. The lowest BCUT2D eigenvalue weighted by atomic mass is 10.0. The van der Waals surface area contributed by atoms with Gasteiger partial charge in [-0.15, -0.1) is 0 Å². The molecule has 1 fully saturated rings. The Morgan fingerprint density at radius 1 is 1.25 bits per heavy atom. The number of hydrogen-bond acceptors (Lipinski definition) is 3. The molecule has 0 amide bonds. The molecule has 6 heteroatoms. The maximum Gasteiger partial charge on any atom is 0.282 e. The number of rotatable bonds is 6. The highest BCUT2D eigenvalue weighted by molar-refractivity contribution is 7.86. The molecule has 0 aromatic carbocycles. The third kappa shape index (κ3) is 2.94. The lowest BCUT2D eigenvalue weighted by molar-refractivity contribution is -0.0451. The molecule has 16 heavy (non-hydrogen) atoms. The molecule has 0 aromatic heterocycles. The number of β-amino-alcohol motifs (C(OH)–C–C–N with tert-alkyl or cyclic N) is 1. The monoisotopic (exact) mass is 250 g/mol. The second-order valence-corrected chi connectivity index (χ2v) is 6.60. The van der Waals surface area contributed by atoms with E-state index in [-0.39, 0.29) is 13.1 Å². The van der Waals surface area contributed by atoms with Crippen LogP contribution in [0.4, 0.5) is 0 Å². The van der Waals surface area contributed by atoms with Crippen LogP contribution in [-0.4, -0.2) is 53.9 Å². The van der Waals surface area contributed by atoms with Crippen LogP contribution in [0.5, 0.6) is 0 Å². The third-order valence-corrected chi connectivity index (χ3v) is 4.56.